The van der Waals surface area contributed by atoms with E-state index in [9.17, 15) is 9.59 Å². The number of methoxy groups -OCH3 is 1. The van der Waals surface area contributed by atoms with Gasteiger partial charge in [-0.05, 0) is 67.1 Å². The first-order chi connectivity index (χ1) is 14.0. The number of hydrogen-bond acceptors (Lipinski definition) is 3. The van der Waals surface area contributed by atoms with Crippen molar-refractivity contribution < 1.29 is 14.3 Å². The Morgan fingerprint density at radius 2 is 1.52 bits per heavy atom. The van der Waals surface area contributed by atoms with Crippen molar-refractivity contribution in [3.8, 4) is 5.75 Å². The fourth-order valence-electron chi connectivity index (χ4n) is 2.70. The lowest BCUT2D eigenvalue weighted by Gasteiger charge is -2.07. The molecule has 0 bridgehead atoms. The molecular weight excluding hydrogens is 364 g/mol. The lowest BCUT2D eigenvalue weighted by molar-refractivity contribution is -0.111. The summed E-state index contributed by atoms with van der Waals surface area (Å²) in [7, 11) is 1.61. The predicted molar refractivity (Wildman–Crippen MR) is 116 cm³/mol. The molecule has 29 heavy (non-hydrogen) atoms. The molecule has 146 valence electrons. The topological polar surface area (TPSA) is 67.4 Å². The number of amides is 2. The third kappa shape index (κ3) is 5.81. The number of rotatable bonds is 6. The van der Waals surface area contributed by atoms with E-state index in [2.05, 4.69) is 10.6 Å². The number of ether oxygens (including phenoxy) is 1. The van der Waals surface area contributed by atoms with Crippen LogP contribution in [0.25, 0.3) is 6.08 Å². The molecule has 3 aromatic rings. The average molecular weight is 386 g/mol. The van der Waals surface area contributed by atoms with Crippen molar-refractivity contribution in [1.29, 1.82) is 0 Å². The van der Waals surface area contributed by atoms with Crippen LogP contribution >= 0.6 is 0 Å². The van der Waals surface area contributed by atoms with E-state index >= 15 is 0 Å². The lowest BCUT2D eigenvalue weighted by atomic mass is 10.1. The molecule has 3 rings (SSSR count). The summed E-state index contributed by atoms with van der Waals surface area (Å²) in [5, 5.41) is 5.64. The predicted octanol–water partition coefficient (Wildman–Crippen LogP) is 4.91. The van der Waals surface area contributed by atoms with E-state index in [1.807, 2.05) is 49.4 Å². The maximum atomic E-state index is 12.3. The number of aryl methyl sites for hydroxylation is 1. The third-order valence-corrected chi connectivity index (χ3v) is 4.23. The Kier molecular flexibility index (Phi) is 6.43. The molecule has 3 aromatic carbocycles. The number of benzene rings is 3. The van der Waals surface area contributed by atoms with Gasteiger partial charge in [0.1, 0.15) is 5.75 Å². The van der Waals surface area contributed by atoms with Gasteiger partial charge in [0.2, 0.25) is 5.91 Å². The molecular formula is C24H22N2O3. The number of nitrogens with one attached hydrogen (secondary N) is 2. The molecule has 0 atom stereocenters. The van der Waals surface area contributed by atoms with E-state index in [0.29, 0.717) is 16.9 Å². The Balaban J connectivity index is 1.56. The number of hydrogen-bond donors (Lipinski definition) is 2. The zero-order valence-corrected chi connectivity index (χ0v) is 16.3. The highest BCUT2D eigenvalue weighted by molar-refractivity contribution is 6.05. The van der Waals surface area contributed by atoms with E-state index in [0.717, 1.165) is 16.9 Å². The molecule has 0 heterocycles. The van der Waals surface area contributed by atoms with E-state index in [4.69, 9.17) is 4.74 Å². The van der Waals surface area contributed by atoms with E-state index in [1.165, 1.54) is 6.08 Å². The molecule has 0 saturated heterocycles. The van der Waals surface area contributed by atoms with Gasteiger partial charge in [0.05, 0.1) is 7.11 Å². The molecule has 5 heteroatoms. The van der Waals surface area contributed by atoms with Crippen molar-refractivity contribution in [2.24, 2.45) is 0 Å². The highest BCUT2D eigenvalue weighted by Crippen LogP contribution is 2.16. The second kappa shape index (κ2) is 9.37. The van der Waals surface area contributed by atoms with Gasteiger partial charge in [-0.15, -0.1) is 0 Å². The lowest BCUT2D eigenvalue weighted by Crippen LogP contribution is -2.12. The first-order valence-electron chi connectivity index (χ1n) is 9.15. The van der Waals surface area contributed by atoms with E-state index < -0.39 is 0 Å². The van der Waals surface area contributed by atoms with Crippen molar-refractivity contribution in [1.82, 2.24) is 0 Å². The molecule has 0 aliphatic rings. The monoisotopic (exact) mass is 386 g/mol. The molecule has 0 saturated carbocycles. The van der Waals surface area contributed by atoms with Gasteiger partial charge in [0.15, 0.2) is 0 Å². The van der Waals surface area contributed by atoms with E-state index in [1.54, 1.807) is 43.5 Å². The minimum absolute atomic E-state index is 0.173. The van der Waals surface area contributed by atoms with Crippen LogP contribution in [-0.2, 0) is 4.79 Å². The number of carbonyl (C=O) groups excluding carboxylic acids is 2. The molecule has 0 spiro atoms. The van der Waals surface area contributed by atoms with Crippen LogP contribution in [0, 0.1) is 6.92 Å². The second-order valence-corrected chi connectivity index (χ2v) is 6.50. The summed E-state index contributed by atoms with van der Waals surface area (Å²) < 4.78 is 5.11. The van der Waals surface area contributed by atoms with Crippen LogP contribution in [0.2, 0.25) is 0 Å². The summed E-state index contributed by atoms with van der Waals surface area (Å²) in [6.45, 7) is 1.94. The van der Waals surface area contributed by atoms with Crippen molar-refractivity contribution in [3.63, 3.8) is 0 Å². The standard InChI is InChI=1S/C24H22N2O3/c1-17-4-3-5-19(16-17)24(28)26-21-11-9-20(10-12-21)25-23(27)15-8-18-6-13-22(29-2)14-7-18/h3-16H,1-2H3,(H,25,27)(H,26,28). The van der Waals surface area contributed by atoms with Crippen LogP contribution in [0.4, 0.5) is 11.4 Å². The fraction of sp³-hybridized carbons (Fsp3) is 0.0833. The Hall–Kier alpha value is -3.86. The molecule has 0 radical (unpaired) electrons. The highest BCUT2D eigenvalue weighted by Gasteiger charge is 2.06. The number of carbonyl (C=O) groups is 2. The van der Waals surface area contributed by atoms with Crippen LogP contribution in [0.1, 0.15) is 21.5 Å². The van der Waals surface area contributed by atoms with Crippen LogP contribution in [0.5, 0.6) is 5.75 Å². The average Bonchev–Trinajstić information content (AvgIpc) is 2.74. The van der Waals surface area contributed by atoms with Gasteiger partial charge in [-0.2, -0.15) is 0 Å². The summed E-state index contributed by atoms with van der Waals surface area (Å²) in [6, 6.07) is 21.8. The van der Waals surface area contributed by atoms with E-state index in [-0.39, 0.29) is 11.8 Å². The van der Waals surface area contributed by atoms with Crippen LogP contribution in [0.15, 0.2) is 78.9 Å². The zero-order valence-electron chi connectivity index (χ0n) is 16.3. The van der Waals surface area contributed by atoms with Crippen LogP contribution in [-0.4, -0.2) is 18.9 Å². The summed E-state index contributed by atoms with van der Waals surface area (Å²) in [4.78, 5) is 24.4. The quantitative estimate of drug-likeness (QED) is 0.592. The molecule has 0 fully saturated rings. The zero-order chi connectivity index (χ0) is 20.6. The van der Waals surface area contributed by atoms with Gasteiger partial charge in [-0.25, -0.2) is 0 Å². The molecule has 0 aromatic heterocycles. The summed E-state index contributed by atoms with van der Waals surface area (Å²) >= 11 is 0. The fourth-order valence-corrected chi connectivity index (χ4v) is 2.70. The molecule has 2 N–H and O–H groups in total. The van der Waals surface area contributed by atoms with Crippen molar-refractivity contribution in [3.05, 3.63) is 95.6 Å². The maximum Gasteiger partial charge on any atom is 0.255 e. The van der Waals surface area contributed by atoms with Crippen molar-refractivity contribution >= 4 is 29.3 Å². The molecule has 0 aliphatic carbocycles. The summed E-state index contributed by atoms with van der Waals surface area (Å²) in [5.74, 6) is 0.353. The molecule has 2 amide bonds. The summed E-state index contributed by atoms with van der Waals surface area (Å²) in [5.41, 5.74) is 3.82. The van der Waals surface area contributed by atoms with Gasteiger partial charge in [0, 0.05) is 23.0 Å². The second-order valence-electron chi connectivity index (χ2n) is 6.50. The van der Waals surface area contributed by atoms with Gasteiger partial charge >= 0.3 is 0 Å². The smallest absolute Gasteiger partial charge is 0.255 e. The maximum absolute atomic E-state index is 12.3. The summed E-state index contributed by atoms with van der Waals surface area (Å²) in [6.07, 6.45) is 3.19. The van der Waals surface area contributed by atoms with Gasteiger partial charge in [-0.1, -0.05) is 29.8 Å². The first kappa shape index (κ1) is 19.9. The molecule has 0 unspecified atom stereocenters. The Morgan fingerprint density at radius 3 is 2.14 bits per heavy atom. The minimum atomic E-state index is -0.239. The Labute approximate surface area is 170 Å². The van der Waals surface area contributed by atoms with Crippen LogP contribution in [0.3, 0.4) is 0 Å². The highest BCUT2D eigenvalue weighted by atomic mass is 16.5. The molecule has 0 aliphatic heterocycles. The van der Waals surface area contributed by atoms with Crippen molar-refractivity contribution in [2.75, 3.05) is 17.7 Å². The van der Waals surface area contributed by atoms with Gasteiger partial charge in [0.25, 0.3) is 5.91 Å². The molecule has 5 nitrogen and oxygen atoms in total. The number of anilines is 2. The largest absolute Gasteiger partial charge is 0.497 e. The third-order valence-electron chi connectivity index (χ3n) is 4.23. The van der Waals surface area contributed by atoms with Gasteiger partial charge in [-0.3, -0.25) is 9.59 Å². The van der Waals surface area contributed by atoms with Gasteiger partial charge < -0.3 is 15.4 Å². The first-order valence-corrected chi connectivity index (χ1v) is 9.15. The van der Waals surface area contributed by atoms with Crippen LogP contribution < -0.4 is 15.4 Å². The Morgan fingerprint density at radius 1 is 0.862 bits per heavy atom. The van der Waals surface area contributed by atoms with Crippen molar-refractivity contribution in [2.45, 2.75) is 6.92 Å². The normalized spacial score (nSPS) is 10.6. The Bertz CT molecular complexity index is 1020. The SMILES string of the molecule is COc1ccc(C=CC(=O)Nc2ccc(NC(=O)c3cccc(C)c3)cc2)cc1. The minimum Gasteiger partial charge on any atom is -0.497 e.